The maximum atomic E-state index is 8.99. The van der Waals surface area contributed by atoms with Crippen LogP contribution in [0.1, 0.15) is 20.8 Å². The molecule has 0 radical (unpaired) electrons. The predicted octanol–water partition coefficient (Wildman–Crippen LogP) is -2.74. The summed E-state index contributed by atoms with van der Waals surface area (Å²) in [5.41, 5.74) is 0. The number of aliphatic hydroxyl groups is 6. The minimum absolute atomic E-state index is 0.104. The van der Waals surface area contributed by atoms with Gasteiger partial charge in [-0.3, -0.25) is 0 Å². The highest BCUT2D eigenvalue weighted by molar-refractivity contribution is 4.74. The van der Waals surface area contributed by atoms with Crippen molar-refractivity contribution in [3.63, 3.8) is 0 Å². The molecule has 7 heteroatoms. The van der Waals surface area contributed by atoms with E-state index in [1.807, 2.05) is 0 Å². The van der Waals surface area contributed by atoms with Crippen molar-refractivity contribution in [3.05, 3.63) is 0 Å². The van der Waals surface area contributed by atoms with Gasteiger partial charge in [-0.05, 0) is 0 Å². The van der Waals surface area contributed by atoms with Gasteiger partial charge in [0.05, 0.1) is 0 Å². The van der Waals surface area contributed by atoms with Crippen molar-refractivity contribution in [2.75, 3.05) is 0 Å². The molecule has 0 aromatic heterocycles. The van der Waals surface area contributed by atoms with E-state index in [-0.39, 0.29) is 4.90 Å². The third kappa shape index (κ3) is 3.53. The molecule has 0 aliphatic heterocycles. The van der Waals surface area contributed by atoms with Crippen LogP contribution >= 0.6 is 0 Å². The van der Waals surface area contributed by atoms with Crippen LogP contribution < -0.4 is 0 Å². The second-order valence-corrected chi connectivity index (χ2v) is 3.25. The van der Waals surface area contributed by atoms with E-state index in [4.69, 9.17) is 30.6 Å². The lowest BCUT2D eigenvalue weighted by atomic mass is 10.3. The van der Waals surface area contributed by atoms with Crippen LogP contribution in [0.4, 0.5) is 0 Å². The first kappa shape index (κ1) is 12.7. The summed E-state index contributed by atoms with van der Waals surface area (Å²) in [5.74, 6) is -8.34. The Bertz CT molecular complexity index is 140. The summed E-state index contributed by atoms with van der Waals surface area (Å²) in [6.07, 6.45) is 0. The van der Waals surface area contributed by atoms with Crippen LogP contribution in [0.25, 0.3) is 0 Å². The molecule has 0 saturated carbocycles. The van der Waals surface area contributed by atoms with Gasteiger partial charge in [0.25, 0.3) is 0 Å². The summed E-state index contributed by atoms with van der Waals surface area (Å²) in [5, 5.41) is 53.9. The van der Waals surface area contributed by atoms with Crippen molar-refractivity contribution in [1.82, 2.24) is 4.90 Å². The maximum absolute atomic E-state index is 8.99. The molecular formula is C6H15NO6. The highest BCUT2D eigenvalue weighted by Crippen LogP contribution is 2.24. The quantitative estimate of drug-likeness (QED) is 0.271. The van der Waals surface area contributed by atoms with Crippen molar-refractivity contribution in [1.29, 1.82) is 0 Å². The lowest BCUT2D eigenvalue weighted by molar-refractivity contribution is -0.460. The lowest BCUT2D eigenvalue weighted by Gasteiger charge is -2.44. The van der Waals surface area contributed by atoms with Gasteiger partial charge >= 0.3 is 0 Å². The van der Waals surface area contributed by atoms with Gasteiger partial charge in [0.2, 0.25) is 17.7 Å². The monoisotopic (exact) mass is 197 g/mol. The molecule has 0 unspecified atom stereocenters. The molecule has 0 rings (SSSR count). The van der Waals surface area contributed by atoms with Crippen LogP contribution in [0.15, 0.2) is 0 Å². The molecule has 0 fully saturated rings. The number of nitrogens with zero attached hydrogens (tertiary/aromatic N) is 1. The van der Waals surface area contributed by atoms with Gasteiger partial charge in [0.1, 0.15) is 0 Å². The smallest absolute Gasteiger partial charge is 0.230 e. The molecular weight excluding hydrogens is 182 g/mol. The first-order valence-electron chi connectivity index (χ1n) is 3.51. The summed E-state index contributed by atoms with van der Waals surface area (Å²) in [6, 6.07) is 0. The van der Waals surface area contributed by atoms with Gasteiger partial charge in [0, 0.05) is 20.8 Å². The zero-order valence-electron chi connectivity index (χ0n) is 7.63. The molecule has 13 heavy (non-hydrogen) atoms. The molecule has 80 valence electrons. The minimum atomic E-state index is -2.78. The Kier molecular flexibility index (Phi) is 3.07. The van der Waals surface area contributed by atoms with Gasteiger partial charge in [0.15, 0.2) is 0 Å². The number of hydrogen-bond donors (Lipinski definition) is 6. The molecule has 0 bridgehead atoms. The van der Waals surface area contributed by atoms with Crippen LogP contribution in [0.3, 0.4) is 0 Å². The Hall–Kier alpha value is -0.280. The number of hydrogen-bond acceptors (Lipinski definition) is 7. The van der Waals surface area contributed by atoms with Crippen LogP contribution in [0.5, 0.6) is 0 Å². The van der Waals surface area contributed by atoms with Crippen LogP contribution in [0, 0.1) is 0 Å². The predicted molar refractivity (Wildman–Crippen MR) is 40.4 cm³/mol. The van der Waals surface area contributed by atoms with E-state index in [1.165, 1.54) is 0 Å². The fourth-order valence-electron chi connectivity index (χ4n) is 1.20. The van der Waals surface area contributed by atoms with E-state index in [0.717, 1.165) is 20.8 Å². The fourth-order valence-corrected chi connectivity index (χ4v) is 1.20. The standard InChI is InChI=1S/C6H15NO6/c1-4(8,9)7(5(2,10)11)6(3,12)13/h8-13H,1-3H3. The molecule has 0 aliphatic rings. The normalized spacial score (nSPS) is 15.2. The second kappa shape index (κ2) is 3.14. The highest BCUT2D eigenvalue weighted by Gasteiger charge is 2.49. The summed E-state index contributed by atoms with van der Waals surface area (Å²) in [6.45, 7) is 2.26. The molecule has 6 N–H and O–H groups in total. The zero-order valence-corrected chi connectivity index (χ0v) is 7.63. The lowest BCUT2D eigenvalue weighted by Crippen LogP contribution is -2.67. The Morgan fingerprint density at radius 2 is 0.769 bits per heavy atom. The molecule has 0 spiro atoms. The Morgan fingerprint density at radius 3 is 0.769 bits per heavy atom. The first-order chi connectivity index (χ1) is 5.37. The first-order valence-corrected chi connectivity index (χ1v) is 3.51. The van der Waals surface area contributed by atoms with Crippen molar-refractivity contribution >= 4 is 0 Å². The molecule has 0 heterocycles. The molecule has 7 nitrogen and oxygen atoms in total. The summed E-state index contributed by atoms with van der Waals surface area (Å²) < 4.78 is 0. The van der Waals surface area contributed by atoms with Crippen LogP contribution in [-0.4, -0.2) is 53.3 Å². The fraction of sp³-hybridized carbons (Fsp3) is 1.00. The summed E-state index contributed by atoms with van der Waals surface area (Å²) >= 11 is 0. The zero-order chi connectivity index (χ0) is 11.1. The van der Waals surface area contributed by atoms with E-state index >= 15 is 0 Å². The van der Waals surface area contributed by atoms with Crippen molar-refractivity contribution in [3.8, 4) is 0 Å². The SMILES string of the molecule is CC(O)(O)N(C(C)(O)O)C(C)(O)O. The Labute approximate surface area is 75.1 Å². The Balaban J connectivity index is 5.02. The molecule has 0 aliphatic carbocycles. The van der Waals surface area contributed by atoms with Gasteiger partial charge in [-0.25, -0.2) is 0 Å². The van der Waals surface area contributed by atoms with Gasteiger partial charge in [-0.15, -0.1) is 4.90 Å². The van der Waals surface area contributed by atoms with Gasteiger partial charge in [-0.1, -0.05) is 0 Å². The van der Waals surface area contributed by atoms with E-state index in [9.17, 15) is 0 Å². The minimum Gasteiger partial charge on any atom is -0.353 e. The van der Waals surface area contributed by atoms with Gasteiger partial charge in [-0.2, -0.15) is 0 Å². The third-order valence-corrected chi connectivity index (χ3v) is 1.27. The van der Waals surface area contributed by atoms with Crippen LogP contribution in [0.2, 0.25) is 0 Å². The third-order valence-electron chi connectivity index (χ3n) is 1.27. The van der Waals surface area contributed by atoms with Crippen LogP contribution in [-0.2, 0) is 0 Å². The topological polar surface area (TPSA) is 125 Å². The van der Waals surface area contributed by atoms with Gasteiger partial charge < -0.3 is 30.6 Å². The Morgan fingerprint density at radius 1 is 0.615 bits per heavy atom. The molecule has 0 aromatic rings. The maximum Gasteiger partial charge on any atom is 0.230 e. The molecule has 0 saturated heterocycles. The van der Waals surface area contributed by atoms with E-state index in [2.05, 4.69) is 0 Å². The molecule has 0 atom stereocenters. The van der Waals surface area contributed by atoms with Crippen molar-refractivity contribution < 1.29 is 30.6 Å². The number of rotatable bonds is 3. The van der Waals surface area contributed by atoms with E-state index in [1.54, 1.807) is 0 Å². The summed E-state index contributed by atoms with van der Waals surface area (Å²) in [7, 11) is 0. The molecule has 0 aromatic carbocycles. The highest BCUT2D eigenvalue weighted by atomic mass is 16.6. The largest absolute Gasteiger partial charge is 0.353 e. The average molecular weight is 197 g/mol. The van der Waals surface area contributed by atoms with Crippen molar-refractivity contribution in [2.45, 2.75) is 38.5 Å². The summed E-state index contributed by atoms with van der Waals surface area (Å²) in [4.78, 5) is -0.104. The average Bonchev–Trinajstić information content (AvgIpc) is 1.44. The van der Waals surface area contributed by atoms with E-state index in [0.29, 0.717) is 0 Å². The molecule has 0 amide bonds. The second-order valence-electron chi connectivity index (χ2n) is 3.25. The van der Waals surface area contributed by atoms with Crippen molar-refractivity contribution in [2.24, 2.45) is 0 Å². The van der Waals surface area contributed by atoms with E-state index < -0.39 is 17.7 Å².